The van der Waals surface area contributed by atoms with Crippen molar-refractivity contribution in [3.05, 3.63) is 35.4 Å². The molecule has 1 N–H and O–H groups in total. The molecule has 0 fully saturated rings. The highest BCUT2D eigenvalue weighted by molar-refractivity contribution is 7.89. The van der Waals surface area contributed by atoms with Crippen molar-refractivity contribution in [2.75, 3.05) is 5.75 Å². The molecule has 21 heavy (non-hydrogen) atoms. The first-order valence-corrected chi connectivity index (χ1v) is 8.71. The van der Waals surface area contributed by atoms with E-state index in [-0.39, 0.29) is 24.6 Å². The summed E-state index contributed by atoms with van der Waals surface area (Å²) < 4.78 is 26.1. The Morgan fingerprint density at radius 1 is 1.33 bits per heavy atom. The molecule has 0 radical (unpaired) electrons. The highest BCUT2D eigenvalue weighted by Gasteiger charge is 2.38. The minimum Gasteiger partial charge on any atom is -0.480 e. The third kappa shape index (κ3) is 3.63. The summed E-state index contributed by atoms with van der Waals surface area (Å²) in [7, 11) is -3.56. The molecule has 0 saturated heterocycles. The Hall–Kier alpha value is -1.40. The van der Waals surface area contributed by atoms with Gasteiger partial charge < -0.3 is 5.11 Å². The first-order chi connectivity index (χ1) is 9.81. The van der Waals surface area contributed by atoms with Crippen molar-refractivity contribution in [2.45, 2.75) is 39.3 Å². The quantitative estimate of drug-likeness (QED) is 0.901. The number of benzene rings is 1. The lowest BCUT2D eigenvalue weighted by Crippen LogP contribution is -2.49. The van der Waals surface area contributed by atoms with E-state index in [4.69, 9.17) is 0 Å². The van der Waals surface area contributed by atoms with Crippen molar-refractivity contribution in [1.82, 2.24) is 4.31 Å². The maximum absolute atomic E-state index is 12.5. The number of nitrogens with zero attached hydrogens (tertiary/aromatic N) is 1. The van der Waals surface area contributed by atoms with Gasteiger partial charge in [0.25, 0.3) is 0 Å². The van der Waals surface area contributed by atoms with Gasteiger partial charge in [-0.25, -0.2) is 8.42 Å². The molecular weight excluding hydrogens is 290 g/mol. The van der Waals surface area contributed by atoms with Gasteiger partial charge in [0.1, 0.15) is 6.04 Å². The number of hydrogen-bond acceptors (Lipinski definition) is 3. The van der Waals surface area contributed by atoms with E-state index in [2.05, 4.69) is 0 Å². The van der Waals surface area contributed by atoms with Crippen LogP contribution in [-0.2, 0) is 27.8 Å². The average molecular weight is 311 g/mol. The van der Waals surface area contributed by atoms with Crippen LogP contribution < -0.4 is 0 Å². The second kappa shape index (κ2) is 6.15. The number of carboxylic acid groups (broad SMARTS) is 1. The first-order valence-electron chi connectivity index (χ1n) is 7.10. The van der Waals surface area contributed by atoms with Gasteiger partial charge in [0.15, 0.2) is 0 Å². The van der Waals surface area contributed by atoms with E-state index < -0.39 is 22.0 Å². The van der Waals surface area contributed by atoms with E-state index in [1.807, 2.05) is 38.1 Å². The van der Waals surface area contributed by atoms with Gasteiger partial charge >= 0.3 is 5.97 Å². The van der Waals surface area contributed by atoms with Crippen molar-refractivity contribution in [3.63, 3.8) is 0 Å². The Morgan fingerprint density at radius 3 is 2.52 bits per heavy atom. The van der Waals surface area contributed by atoms with Crippen LogP contribution in [0.2, 0.25) is 0 Å². The first kappa shape index (κ1) is 16.0. The fourth-order valence-corrected chi connectivity index (χ4v) is 4.40. The molecule has 5 nitrogen and oxygen atoms in total. The minimum absolute atomic E-state index is 0.00336. The van der Waals surface area contributed by atoms with Gasteiger partial charge in [-0.1, -0.05) is 38.1 Å². The standard InChI is InChI=1S/C15H21NO4S/c1-11(2)7-8-21(19,20)16-10-13-6-4-3-5-12(13)9-14(16)15(17)18/h3-6,11,14H,7-10H2,1-2H3,(H,17,18). The third-order valence-electron chi connectivity index (χ3n) is 3.80. The van der Waals surface area contributed by atoms with E-state index in [1.54, 1.807) is 0 Å². The van der Waals surface area contributed by atoms with Crippen LogP contribution in [0.15, 0.2) is 24.3 Å². The molecule has 1 aliphatic rings. The van der Waals surface area contributed by atoms with Crippen molar-refractivity contribution in [3.8, 4) is 0 Å². The van der Waals surface area contributed by atoms with E-state index in [1.165, 1.54) is 0 Å². The summed E-state index contributed by atoms with van der Waals surface area (Å²) in [5.41, 5.74) is 1.81. The molecule has 1 aromatic carbocycles. The zero-order chi connectivity index (χ0) is 15.6. The van der Waals surface area contributed by atoms with Crippen molar-refractivity contribution in [2.24, 2.45) is 5.92 Å². The van der Waals surface area contributed by atoms with E-state index in [0.29, 0.717) is 6.42 Å². The molecule has 6 heteroatoms. The molecule has 0 aliphatic carbocycles. The Balaban J connectivity index is 2.30. The topological polar surface area (TPSA) is 74.7 Å². The summed E-state index contributed by atoms with van der Waals surface area (Å²) in [4.78, 5) is 11.5. The van der Waals surface area contributed by atoms with Crippen LogP contribution >= 0.6 is 0 Å². The largest absolute Gasteiger partial charge is 0.480 e. The fourth-order valence-electron chi connectivity index (χ4n) is 2.50. The summed E-state index contributed by atoms with van der Waals surface area (Å²) in [6.07, 6.45) is 0.763. The Labute approximate surface area is 125 Å². The van der Waals surface area contributed by atoms with Gasteiger partial charge in [0.05, 0.1) is 5.75 Å². The third-order valence-corrected chi connectivity index (χ3v) is 5.65. The number of sulfonamides is 1. The van der Waals surface area contributed by atoms with Gasteiger partial charge in [-0.05, 0) is 23.5 Å². The van der Waals surface area contributed by atoms with Gasteiger partial charge in [-0.15, -0.1) is 0 Å². The van der Waals surface area contributed by atoms with Crippen LogP contribution in [0.25, 0.3) is 0 Å². The number of rotatable bonds is 5. The van der Waals surface area contributed by atoms with Crippen LogP contribution in [0, 0.1) is 5.92 Å². The number of carbonyl (C=O) groups is 1. The molecule has 1 heterocycles. The molecule has 1 aromatic rings. The lowest BCUT2D eigenvalue weighted by atomic mass is 9.96. The SMILES string of the molecule is CC(C)CCS(=O)(=O)N1Cc2ccccc2CC1C(=O)O. The molecular formula is C15H21NO4S. The second-order valence-corrected chi connectivity index (χ2v) is 7.91. The summed E-state index contributed by atoms with van der Waals surface area (Å²) in [6, 6.07) is 6.42. The normalized spacial score (nSPS) is 19.5. The van der Waals surface area contributed by atoms with Crippen molar-refractivity contribution < 1.29 is 18.3 Å². The molecule has 0 saturated carbocycles. The number of hydrogen-bond donors (Lipinski definition) is 1. The van der Waals surface area contributed by atoms with Gasteiger partial charge in [0, 0.05) is 13.0 Å². The van der Waals surface area contributed by atoms with Crippen LogP contribution in [0.4, 0.5) is 0 Å². The molecule has 0 spiro atoms. The van der Waals surface area contributed by atoms with Crippen LogP contribution in [0.1, 0.15) is 31.4 Å². The molecule has 2 rings (SSSR count). The van der Waals surface area contributed by atoms with Crippen LogP contribution in [0.5, 0.6) is 0 Å². The lowest BCUT2D eigenvalue weighted by Gasteiger charge is -2.33. The van der Waals surface area contributed by atoms with Gasteiger partial charge in [-0.2, -0.15) is 4.31 Å². The fraction of sp³-hybridized carbons (Fsp3) is 0.533. The lowest BCUT2D eigenvalue weighted by molar-refractivity contribution is -0.141. The number of aliphatic carboxylic acids is 1. The summed E-state index contributed by atoms with van der Waals surface area (Å²) in [5, 5.41) is 9.37. The van der Waals surface area contributed by atoms with Gasteiger partial charge in [-0.3, -0.25) is 4.79 Å². The molecule has 1 unspecified atom stereocenters. The second-order valence-electron chi connectivity index (χ2n) is 5.87. The number of fused-ring (bicyclic) bond motifs is 1. The maximum Gasteiger partial charge on any atom is 0.322 e. The van der Waals surface area contributed by atoms with Crippen LogP contribution in [0.3, 0.4) is 0 Å². The monoisotopic (exact) mass is 311 g/mol. The van der Waals surface area contributed by atoms with Crippen molar-refractivity contribution in [1.29, 1.82) is 0 Å². The summed E-state index contributed by atoms with van der Waals surface area (Å²) in [5.74, 6) is -0.825. The smallest absolute Gasteiger partial charge is 0.322 e. The zero-order valence-corrected chi connectivity index (χ0v) is 13.1. The van der Waals surface area contributed by atoms with Crippen LogP contribution in [-0.4, -0.2) is 35.6 Å². The molecule has 1 atom stereocenters. The minimum atomic E-state index is -3.56. The highest BCUT2D eigenvalue weighted by atomic mass is 32.2. The molecule has 0 amide bonds. The molecule has 116 valence electrons. The Morgan fingerprint density at radius 2 is 1.95 bits per heavy atom. The summed E-state index contributed by atoms with van der Waals surface area (Å²) in [6.45, 7) is 4.05. The predicted molar refractivity (Wildman–Crippen MR) is 80.4 cm³/mol. The highest BCUT2D eigenvalue weighted by Crippen LogP contribution is 2.26. The van der Waals surface area contributed by atoms with Gasteiger partial charge in [0.2, 0.25) is 10.0 Å². The Bertz CT molecular complexity index is 624. The molecule has 0 aromatic heterocycles. The number of carboxylic acids is 1. The van der Waals surface area contributed by atoms with E-state index >= 15 is 0 Å². The van der Waals surface area contributed by atoms with E-state index in [0.717, 1.165) is 15.4 Å². The Kier molecular flexibility index (Phi) is 4.68. The molecule has 1 aliphatic heterocycles. The van der Waals surface area contributed by atoms with E-state index in [9.17, 15) is 18.3 Å². The predicted octanol–water partition coefficient (Wildman–Crippen LogP) is 1.87. The van der Waals surface area contributed by atoms with Crippen molar-refractivity contribution >= 4 is 16.0 Å². The summed E-state index contributed by atoms with van der Waals surface area (Å²) >= 11 is 0. The molecule has 0 bridgehead atoms. The zero-order valence-electron chi connectivity index (χ0n) is 12.3. The maximum atomic E-state index is 12.5. The average Bonchev–Trinajstić information content (AvgIpc) is 2.43.